The molecule has 0 amide bonds. The first-order valence-electron chi connectivity index (χ1n) is 11.3. The molecule has 0 aliphatic carbocycles. The molecule has 0 fully saturated rings. The number of benzene rings is 3. The number of hydrogen-bond acceptors (Lipinski definition) is 3. The van der Waals surface area contributed by atoms with E-state index in [4.69, 9.17) is 4.74 Å². The van der Waals surface area contributed by atoms with Crippen molar-refractivity contribution >= 4 is 0 Å². The van der Waals surface area contributed by atoms with Crippen molar-refractivity contribution in [2.75, 3.05) is 6.61 Å². The van der Waals surface area contributed by atoms with Crippen molar-refractivity contribution in [2.24, 2.45) is 0 Å². The molecular formula is C29H23F2N3O. The Morgan fingerprint density at radius 3 is 2.31 bits per heavy atom. The summed E-state index contributed by atoms with van der Waals surface area (Å²) in [5.41, 5.74) is 4.68. The van der Waals surface area contributed by atoms with Crippen molar-refractivity contribution in [3.63, 3.8) is 0 Å². The Morgan fingerprint density at radius 1 is 0.857 bits per heavy atom. The predicted octanol–water partition coefficient (Wildman–Crippen LogP) is 7.00. The quantitative estimate of drug-likeness (QED) is 0.242. The molecule has 3 aromatic rings. The molecule has 0 unspecified atom stereocenters. The van der Waals surface area contributed by atoms with Gasteiger partial charge in [0.15, 0.2) is 17.5 Å². The van der Waals surface area contributed by atoms with Gasteiger partial charge in [0.1, 0.15) is 18.1 Å². The third kappa shape index (κ3) is 4.96. The van der Waals surface area contributed by atoms with Crippen molar-refractivity contribution < 1.29 is 13.5 Å². The number of ether oxygens (including phenoxy) is 1. The number of halogens is 2. The lowest BCUT2D eigenvalue weighted by atomic mass is 10.0. The fourth-order valence-electron chi connectivity index (χ4n) is 3.84. The van der Waals surface area contributed by atoms with Crippen LogP contribution in [0.5, 0.6) is 5.75 Å². The maximum Gasteiger partial charge on any atom is 0.169 e. The summed E-state index contributed by atoms with van der Waals surface area (Å²) < 4.78 is 35.4. The van der Waals surface area contributed by atoms with Crippen molar-refractivity contribution in [3.8, 4) is 39.7 Å². The van der Waals surface area contributed by atoms with Gasteiger partial charge in [-0.1, -0.05) is 54.6 Å². The van der Waals surface area contributed by atoms with E-state index in [1.807, 2.05) is 54.2 Å². The average Bonchev–Trinajstić information content (AvgIpc) is 3.30. The molecule has 2 aliphatic heterocycles. The summed E-state index contributed by atoms with van der Waals surface area (Å²) in [4.78, 5) is 8.78. The van der Waals surface area contributed by atoms with Gasteiger partial charge in [0.05, 0.1) is 11.3 Å². The van der Waals surface area contributed by atoms with Gasteiger partial charge in [-0.15, -0.1) is 0 Å². The molecule has 2 aliphatic rings. The smallest absolute Gasteiger partial charge is 0.169 e. The second kappa shape index (κ2) is 9.89. The molecule has 6 heteroatoms. The van der Waals surface area contributed by atoms with Gasteiger partial charge in [0.25, 0.3) is 0 Å². The largest absolute Gasteiger partial charge is 0.490 e. The molecule has 5 rings (SSSR count). The maximum atomic E-state index is 14.2. The molecule has 0 saturated carbocycles. The lowest BCUT2D eigenvalue weighted by Gasteiger charge is -2.10. The second-order valence-corrected chi connectivity index (χ2v) is 8.14. The topological polar surface area (TPSA) is 39.9 Å². The number of aromatic nitrogens is 3. The van der Waals surface area contributed by atoms with Gasteiger partial charge >= 0.3 is 0 Å². The standard InChI is InChI=1S/C29H23F2N3O/c1-2-3-17-35-23-13-11-22(12-14-23)21-9-7-20(8-10-21)18-34-16-15-26-27(19-34)33-29(32-26)24-5-4-6-25(30)28(24)31/h2-16,19H,17-18H2,1H3/b3-2+. The van der Waals surface area contributed by atoms with Crippen LogP contribution in [0.15, 0.2) is 97.3 Å². The summed E-state index contributed by atoms with van der Waals surface area (Å²) in [6, 6.07) is 22.3. The van der Waals surface area contributed by atoms with Gasteiger partial charge in [0.2, 0.25) is 0 Å². The molecule has 0 aromatic heterocycles. The van der Waals surface area contributed by atoms with Crippen LogP contribution in [-0.4, -0.2) is 21.1 Å². The van der Waals surface area contributed by atoms with Crippen LogP contribution in [0.25, 0.3) is 33.9 Å². The summed E-state index contributed by atoms with van der Waals surface area (Å²) in [5, 5.41) is 0. The monoisotopic (exact) mass is 467 g/mol. The highest BCUT2D eigenvalue weighted by atomic mass is 19.2. The van der Waals surface area contributed by atoms with Crippen LogP contribution in [0.4, 0.5) is 8.78 Å². The van der Waals surface area contributed by atoms with Gasteiger partial charge in [-0.05, 0) is 53.9 Å². The lowest BCUT2D eigenvalue weighted by Crippen LogP contribution is -2.00. The Hall–Kier alpha value is -4.32. The first-order chi connectivity index (χ1) is 17.1. The van der Waals surface area contributed by atoms with E-state index < -0.39 is 11.6 Å². The summed E-state index contributed by atoms with van der Waals surface area (Å²) in [6.45, 7) is 3.17. The van der Waals surface area contributed by atoms with Gasteiger partial charge in [0, 0.05) is 18.9 Å². The van der Waals surface area contributed by atoms with E-state index in [2.05, 4.69) is 46.4 Å². The first kappa shape index (κ1) is 22.5. The number of nitrogens with zero attached hydrogens (tertiary/aromatic N) is 3. The molecule has 35 heavy (non-hydrogen) atoms. The zero-order valence-corrected chi connectivity index (χ0v) is 19.2. The van der Waals surface area contributed by atoms with Gasteiger partial charge in [-0.25, -0.2) is 18.7 Å². The third-order valence-electron chi connectivity index (χ3n) is 5.71. The molecule has 3 aromatic carbocycles. The molecule has 0 atom stereocenters. The van der Waals surface area contributed by atoms with Crippen molar-refractivity contribution in [1.29, 1.82) is 0 Å². The van der Waals surface area contributed by atoms with E-state index in [0.717, 1.165) is 28.5 Å². The molecule has 0 radical (unpaired) electrons. The molecule has 0 saturated heterocycles. The van der Waals surface area contributed by atoms with Crippen molar-refractivity contribution in [1.82, 2.24) is 14.5 Å². The van der Waals surface area contributed by atoms with Crippen LogP contribution in [0.3, 0.4) is 0 Å². The first-order valence-corrected chi connectivity index (χ1v) is 11.3. The van der Waals surface area contributed by atoms with Gasteiger partial charge < -0.3 is 9.30 Å². The van der Waals surface area contributed by atoms with Crippen LogP contribution >= 0.6 is 0 Å². The summed E-state index contributed by atoms with van der Waals surface area (Å²) >= 11 is 0. The Morgan fingerprint density at radius 2 is 1.57 bits per heavy atom. The third-order valence-corrected chi connectivity index (χ3v) is 5.71. The number of hydrogen-bond donors (Lipinski definition) is 0. The lowest BCUT2D eigenvalue weighted by molar-refractivity contribution is 0.363. The number of fused-ring (bicyclic) bond motifs is 1. The van der Waals surface area contributed by atoms with E-state index in [9.17, 15) is 8.78 Å². The Labute approximate surface area is 202 Å². The fourth-order valence-corrected chi connectivity index (χ4v) is 3.84. The molecular weight excluding hydrogens is 444 g/mol. The Bertz CT molecular complexity index is 1440. The van der Waals surface area contributed by atoms with Crippen LogP contribution in [0, 0.1) is 11.6 Å². The molecule has 0 spiro atoms. The zero-order valence-electron chi connectivity index (χ0n) is 19.2. The Balaban J connectivity index is 1.30. The minimum absolute atomic E-state index is 0.0562. The molecule has 0 bridgehead atoms. The number of pyridine rings is 1. The number of allylic oxidation sites excluding steroid dienone is 1. The minimum Gasteiger partial charge on any atom is -0.490 e. The van der Waals surface area contributed by atoms with Crippen LogP contribution in [0.1, 0.15) is 12.5 Å². The predicted molar refractivity (Wildman–Crippen MR) is 133 cm³/mol. The average molecular weight is 468 g/mol. The summed E-state index contributed by atoms with van der Waals surface area (Å²) in [5.74, 6) is -0.832. The van der Waals surface area contributed by atoms with E-state index >= 15 is 0 Å². The van der Waals surface area contributed by atoms with Crippen molar-refractivity contribution in [3.05, 3.63) is 115 Å². The number of imidazole rings is 1. The molecule has 0 N–H and O–H groups in total. The highest BCUT2D eigenvalue weighted by molar-refractivity contribution is 5.66. The van der Waals surface area contributed by atoms with E-state index in [-0.39, 0.29) is 11.4 Å². The summed E-state index contributed by atoms with van der Waals surface area (Å²) in [7, 11) is 0. The number of rotatable bonds is 7. The van der Waals surface area contributed by atoms with Crippen LogP contribution < -0.4 is 4.74 Å². The van der Waals surface area contributed by atoms with Gasteiger partial charge in [-0.3, -0.25) is 0 Å². The SMILES string of the molecule is C/C=C/COc1ccc(-c2ccc(Cn3ccc4nc(-c5cccc(F)c5F)nc-4c3)cc2)cc1. The van der Waals surface area contributed by atoms with Crippen LogP contribution in [-0.2, 0) is 6.54 Å². The fraction of sp³-hybridized carbons (Fsp3) is 0.103. The highest BCUT2D eigenvalue weighted by Crippen LogP contribution is 2.28. The second-order valence-electron chi connectivity index (χ2n) is 8.14. The molecule has 2 heterocycles. The minimum atomic E-state index is -0.938. The van der Waals surface area contributed by atoms with Crippen LogP contribution in [0.2, 0.25) is 0 Å². The van der Waals surface area contributed by atoms with E-state index in [1.165, 1.54) is 12.1 Å². The normalized spacial score (nSPS) is 11.4. The van der Waals surface area contributed by atoms with E-state index in [1.54, 1.807) is 0 Å². The maximum absolute atomic E-state index is 14.2. The van der Waals surface area contributed by atoms with Gasteiger partial charge in [-0.2, -0.15) is 0 Å². The highest BCUT2D eigenvalue weighted by Gasteiger charge is 2.17. The zero-order chi connectivity index (χ0) is 24.2. The van der Waals surface area contributed by atoms with Crippen molar-refractivity contribution in [2.45, 2.75) is 13.5 Å². The summed E-state index contributed by atoms with van der Waals surface area (Å²) in [6.07, 6.45) is 7.70. The molecule has 174 valence electrons. The van der Waals surface area contributed by atoms with E-state index in [0.29, 0.717) is 24.5 Å². The molecule has 4 nitrogen and oxygen atoms in total. The Kier molecular flexibility index (Phi) is 6.35.